The van der Waals surface area contributed by atoms with Crippen molar-refractivity contribution in [2.45, 2.75) is 19.8 Å². The molecular formula is C12H16N4O. The van der Waals surface area contributed by atoms with E-state index < -0.39 is 0 Å². The molecule has 0 spiro atoms. The van der Waals surface area contributed by atoms with E-state index in [0.717, 1.165) is 6.42 Å². The van der Waals surface area contributed by atoms with Crippen LogP contribution in [0.1, 0.15) is 29.3 Å². The van der Waals surface area contributed by atoms with Gasteiger partial charge in [0.2, 0.25) is 0 Å². The Kier molecular flexibility index (Phi) is 5.61. The number of aryl methyl sites for hydroxylation is 1. The lowest BCUT2D eigenvalue weighted by Gasteiger charge is -2.04. The van der Waals surface area contributed by atoms with Gasteiger partial charge >= 0.3 is 0 Å². The van der Waals surface area contributed by atoms with E-state index in [9.17, 15) is 4.79 Å². The second-order valence-corrected chi connectivity index (χ2v) is 3.61. The van der Waals surface area contributed by atoms with E-state index in [0.29, 0.717) is 25.1 Å². The fraction of sp³-hybridized carbons (Fsp3) is 0.417. The monoisotopic (exact) mass is 232 g/mol. The SMILES string of the molecule is CCc1ccc(C(=O)NCCCN=[N+]=[N-])cc1. The molecule has 17 heavy (non-hydrogen) atoms. The molecule has 0 atom stereocenters. The summed E-state index contributed by atoms with van der Waals surface area (Å²) >= 11 is 0. The van der Waals surface area contributed by atoms with Crippen molar-refractivity contribution in [3.05, 3.63) is 45.8 Å². The van der Waals surface area contributed by atoms with Crippen molar-refractivity contribution in [3.8, 4) is 0 Å². The molecule has 5 heteroatoms. The first kappa shape index (κ1) is 13.1. The largest absolute Gasteiger partial charge is 0.352 e. The summed E-state index contributed by atoms with van der Waals surface area (Å²) in [4.78, 5) is 14.3. The molecular weight excluding hydrogens is 216 g/mol. The third-order valence-corrected chi connectivity index (χ3v) is 2.41. The number of azide groups is 1. The summed E-state index contributed by atoms with van der Waals surface area (Å²) in [6.45, 7) is 3.00. The maximum absolute atomic E-state index is 11.7. The summed E-state index contributed by atoms with van der Waals surface area (Å²) in [7, 11) is 0. The van der Waals surface area contributed by atoms with E-state index >= 15 is 0 Å². The maximum atomic E-state index is 11.7. The van der Waals surface area contributed by atoms with Crippen LogP contribution in [0, 0.1) is 0 Å². The van der Waals surface area contributed by atoms with Gasteiger partial charge in [0.15, 0.2) is 0 Å². The average Bonchev–Trinajstić information content (AvgIpc) is 2.38. The summed E-state index contributed by atoms with van der Waals surface area (Å²) in [5.74, 6) is -0.0893. The van der Waals surface area contributed by atoms with Crippen LogP contribution in [-0.2, 0) is 6.42 Å². The lowest BCUT2D eigenvalue weighted by Crippen LogP contribution is -2.24. The minimum atomic E-state index is -0.0893. The molecule has 1 amide bonds. The van der Waals surface area contributed by atoms with Crippen molar-refractivity contribution >= 4 is 5.91 Å². The van der Waals surface area contributed by atoms with E-state index in [4.69, 9.17) is 5.53 Å². The summed E-state index contributed by atoms with van der Waals surface area (Å²) < 4.78 is 0. The third kappa shape index (κ3) is 4.57. The lowest BCUT2D eigenvalue weighted by molar-refractivity contribution is 0.0953. The number of carbonyl (C=O) groups is 1. The molecule has 0 aliphatic rings. The third-order valence-electron chi connectivity index (χ3n) is 2.41. The van der Waals surface area contributed by atoms with Gasteiger partial charge < -0.3 is 5.32 Å². The number of rotatable bonds is 6. The Bertz CT molecular complexity index is 407. The van der Waals surface area contributed by atoms with Crippen LogP contribution in [0.5, 0.6) is 0 Å². The van der Waals surface area contributed by atoms with Crippen LogP contribution in [0.4, 0.5) is 0 Å². The summed E-state index contributed by atoms with van der Waals surface area (Å²) in [5.41, 5.74) is 9.94. The Morgan fingerprint density at radius 1 is 1.41 bits per heavy atom. The molecule has 0 saturated carbocycles. The van der Waals surface area contributed by atoms with Gasteiger partial charge in [0.1, 0.15) is 0 Å². The van der Waals surface area contributed by atoms with E-state index in [-0.39, 0.29) is 5.91 Å². The predicted octanol–water partition coefficient (Wildman–Crippen LogP) is 2.68. The zero-order valence-corrected chi connectivity index (χ0v) is 9.89. The normalized spacial score (nSPS) is 9.47. The van der Waals surface area contributed by atoms with Gasteiger partial charge in [-0.05, 0) is 36.1 Å². The van der Waals surface area contributed by atoms with Crippen LogP contribution in [0.25, 0.3) is 10.4 Å². The quantitative estimate of drug-likeness (QED) is 0.348. The first-order valence-electron chi connectivity index (χ1n) is 5.66. The number of nitrogens with zero attached hydrogens (tertiary/aromatic N) is 3. The lowest BCUT2D eigenvalue weighted by atomic mass is 10.1. The van der Waals surface area contributed by atoms with Gasteiger partial charge in [-0.3, -0.25) is 4.79 Å². The molecule has 0 aliphatic carbocycles. The molecule has 5 nitrogen and oxygen atoms in total. The molecule has 90 valence electrons. The van der Waals surface area contributed by atoms with E-state index in [1.165, 1.54) is 5.56 Å². The highest BCUT2D eigenvalue weighted by atomic mass is 16.1. The van der Waals surface area contributed by atoms with Crippen LogP contribution in [0.3, 0.4) is 0 Å². The van der Waals surface area contributed by atoms with Gasteiger partial charge in [0.25, 0.3) is 5.91 Å². The Morgan fingerprint density at radius 3 is 2.71 bits per heavy atom. The summed E-state index contributed by atoms with van der Waals surface area (Å²) in [5, 5.41) is 6.17. The molecule has 1 N–H and O–H groups in total. The van der Waals surface area contributed by atoms with Crippen molar-refractivity contribution in [1.29, 1.82) is 0 Å². The Labute approximate surface area is 100 Å². The van der Waals surface area contributed by atoms with E-state index in [2.05, 4.69) is 22.3 Å². The molecule has 1 aromatic carbocycles. The smallest absolute Gasteiger partial charge is 0.251 e. The number of hydrogen-bond donors (Lipinski definition) is 1. The minimum absolute atomic E-state index is 0.0893. The number of hydrogen-bond acceptors (Lipinski definition) is 2. The molecule has 0 unspecified atom stereocenters. The second kappa shape index (κ2) is 7.30. The van der Waals surface area contributed by atoms with Gasteiger partial charge in [-0.2, -0.15) is 0 Å². The predicted molar refractivity (Wildman–Crippen MR) is 66.8 cm³/mol. The van der Waals surface area contributed by atoms with Crippen LogP contribution in [0.15, 0.2) is 29.4 Å². The van der Waals surface area contributed by atoms with Gasteiger partial charge in [0.05, 0.1) is 0 Å². The first-order chi connectivity index (χ1) is 8.27. The standard InChI is InChI=1S/C12H16N4O/c1-2-10-4-6-11(7-5-10)12(17)14-8-3-9-15-16-13/h4-7H,2-3,8-9H2,1H3,(H,14,17). The topological polar surface area (TPSA) is 77.9 Å². The molecule has 0 aromatic heterocycles. The van der Waals surface area contributed by atoms with E-state index in [1.54, 1.807) is 0 Å². The molecule has 0 heterocycles. The zero-order chi connectivity index (χ0) is 12.5. The molecule has 0 radical (unpaired) electrons. The molecule has 1 rings (SSSR count). The van der Waals surface area contributed by atoms with Crippen molar-refractivity contribution in [3.63, 3.8) is 0 Å². The highest BCUT2D eigenvalue weighted by Crippen LogP contribution is 2.04. The van der Waals surface area contributed by atoms with E-state index in [1.807, 2.05) is 24.3 Å². The maximum Gasteiger partial charge on any atom is 0.251 e. The Balaban J connectivity index is 2.38. The molecule has 1 aromatic rings. The van der Waals surface area contributed by atoms with Crippen LogP contribution >= 0.6 is 0 Å². The van der Waals surface area contributed by atoms with Crippen molar-refractivity contribution in [1.82, 2.24) is 5.32 Å². The van der Waals surface area contributed by atoms with Gasteiger partial charge in [-0.1, -0.05) is 24.2 Å². The van der Waals surface area contributed by atoms with Gasteiger partial charge in [-0.25, -0.2) is 0 Å². The summed E-state index contributed by atoms with van der Waals surface area (Å²) in [6.07, 6.45) is 1.62. The van der Waals surface area contributed by atoms with Crippen LogP contribution in [0.2, 0.25) is 0 Å². The first-order valence-corrected chi connectivity index (χ1v) is 5.66. The number of benzene rings is 1. The fourth-order valence-electron chi connectivity index (χ4n) is 1.39. The van der Waals surface area contributed by atoms with Crippen molar-refractivity contribution in [2.24, 2.45) is 5.11 Å². The summed E-state index contributed by atoms with van der Waals surface area (Å²) in [6, 6.07) is 7.55. The van der Waals surface area contributed by atoms with Crippen molar-refractivity contribution < 1.29 is 4.79 Å². The Hall–Kier alpha value is -2.00. The van der Waals surface area contributed by atoms with Crippen molar-refractivity contribution in [2.75, 3.05) is 13.1 Å². The van der Waals surface area contributed by atoms with Crippen LogP contribution < -0.4 is 5.32 Å². The highest BCUT2D eigenvalue weighted by molar-refractivity contribution is 5.94. The second-order valence-electron chi connectivity index (χ2n) is 3.61. The number of carbonyl (C=O) groups excluding carboxylic acids is 1. The van der Waals surface area contributed by atoms with Crippen LogP contribution in [-0.4, -0.2) is 19.0 Å². The molecule has 0 aliphatic heterocycles. The zero-order valence-electron chi connectivity index (χ0n) is 9.89. The number of nitrogens with one attached hydrogen (secondary N) is 1. The molecule has 0 fully saturated rings. The van der Waals surface area contributed by atoms with Gasteiger partial charge in [0, 0.05) is 23.6 Å². The average molecular weight is 232 g/mol. The fourth-order valence-corrected chi connectivity index (χ4v) is 1.39. The number of amides is 1. The minimum Gasteiger partial charge on any atom is -0.352 e. The van der Waals surface area contributed by atoms with Gasteiger partial charge in [-0.15, -0.1) is 0 Å². The highest BCUT2D eigenvalue weighted by Gasteiger charge is 2.03. The molecule has 0 saturated heterocycles. The molecule has 0 bridgehead atoms. The Morgan fingerprint density at radius 2 is 2.12 bits per heavy atom.